The molecule has 1 heterocycles. The number of aryl methyl sites for hydroxylation is 1. The van der Waals surface area contributed by atoms with Crippen LogP contribution in [0.1, 0.15) is 5.89 Å². The molecule has 0 saturated heterocycles. The maximum absolute atomic E-state index is 13.8. The highest BCUT2D eigenvalue weighted by Crippen LogP contribution is 2.24. The number of fused-ring (bicyclic) bond motifs is 1. The molecule has 0 amide bonds. The van der Waals surface area contributed by atoms with Crippen molar-refractivity contribution in [1.82, 2.24) is 4.98 Å². The van der Waals surface area contributed by atoms with Gasteiger partial charge in [0.1, 0.15) is 16.2 Å². The molecule has 1 aromatic heterocycles. The number of hydrogen-bond donors (Lipinski definition) is 1. The van der Waals surface area contributed by atoms with Crippen LogP contribution < -0.4 is 4.72 Å². The number of aromatic nitrogens is 1. The van der Waals surface area contributed by atoms with Crippen molar-refractivity contribution in [1.29, 1.82) is 0 Å². The lowest BCUT2D eigenvalue weighted by Gasteiger charge is -2.08. The van der Waals surface area contributed by atoms with Crippen LogP contribution in [0.5, 0.6) is 0 Å². The van der Waals surface area contributed by atoms with Gasteiger partial charge < -0.3 is 4.42 Å². The summed E-state index contributed by atoms with van der Waals surface area (Å²) in [5, 5.41) is 0.121. The smallest absolute Gasteiger partial charge is 0.264 e. The highest BCUT2D eigenvalue weighted by atomic mass is 35.5. The molecule has 0 aliphatic rings. The predicted octanol–water partition coefficient (Wildman–Crippen LogP) is 3.73. The van der Waals surface area contributed by atoms with E-state index in [2.05, 4.69) is 9.71 Å². The molecular weight excluding hydrogens is 331 g/mol. The second-order valence-electron chi connectivity index (χ2n) is 4.60. The molecule has 3 aromatic rings. The van der Waals surface area contributed by atoms with Crippen molar-refractivity contribution in [2.24, 2.45) is 0 Å². The van der Waals surface area contributed by atoms with Crippen LogP contribution >= 0.6 is 11.6 Å². The normalized spacial score (nSPS) is 11.8. The zero-order valence-electron chi connectivity index (χ0n) is 11.3. The van der Waals surface area contributed by atoms with E-state index in [1.165, 1.54) is 18.2 Å². The van der Waals surface area contributed by atoms with Gasteiger partial charge in [-0.3, -0.25) is 4.72 Å². The van der Waals surface area contributed by atoms with Gasteiger partial charge in [-0.15, -0.1) is 0 Å². The van der Waals surface area contributed by atoms with E-state index in [0.29, 0.717) is 17.0 Å². The quantitative estimate of drug-likeness (QED) is 0.788. The van der Waals surface area contributed by atoms with E-state index >= 15 is 0 Å². The predicted molar refractivity (Wildman–Crippen MR) is 81.0 cm³/mol. The summed E-state index contributed by atoms with van der Waals surface area (Å²) >= 11 is 5.62. The van der Waals surface area contributed by atoms with Crippen LogP contribution in [0, 0.1) is 12.7 Å². The second kappa shape index (κ2) is 5.26. The molecule has 114 valence electrons. The Morgan fingerprint density at radius 2 is 2.00 bits per heavy atom. The Hall–Kier alpha value is -2.12. The van der Waals surface area contributed by atoms with E-state index in [0.717, 1.165) is 12.1 Å². The Morgan fingerprint density at radius 1 is 1.23 bits per heavy atom. The number of hydrogen-bond acceptors (Lipinski definition) is 4. The van der Waals surface area contributed by atoms with Gasteiger partial charge in [-0.1, -0.05) is 11.6 Å². The molecular formula is C14H10ClFN2O3S. The van der Waals surface area contributed by atoms with Gasteiger partial charge in [0.05, 0.1) is 5.69 Å². The summed E-state index contributed by atoms with van der Waals surface area (Å²) in [5.74, 6) is -0.447. The van der Waals surface area contributed by atoms with Crippen LogP contribution in [0.3, 0.4) is 0 Å². The number of nitrogens with zero attached hydrogens (tertiary/aromatic N) is 1. The van der Waals surface area contributed by atoms with E-state index in [-0.39, 0.29) is 10.7 Å². The summed E-state index contributed by atoms with van der Waals surface area (Å²) in [4.78, 5) is 3.63. The van der Waals surface area contributed by atoms with Crippen LogP contribution in [-0.2, 0) is 10.0 Å². The van der Waals surface area contributed by atoms with E-state index in [9.17, 15) is 12.8 Å². The van der Waals surface area contributed by atoms with E-state index in [1.54, 1.807) is 13.0 Å². The fourth-order valence-electron chi connectivity index (χ4n) is 2.01. The van der Waals surface area contributed by atoms with Crippen LogP contribution in [0.2, 0.25) is 5.02 Å². The van der Waals surface area contributed by atoms with Gasteiger partial charge in [0, 0.05) is 11.9 Å². The minimum atomic E-state index is -4.06. The first-order chi connectivity index (χ1) is 10.3. The lowest BCUT2D eigenvalue weighted by molar-refractivity contribution is 0.561. The Bertz CT molecular complexity index is 969. The summed E-state index contributed by atoms with van der Waals surface area (Å²) in [6.45, 7) is 1.69. The molecule has 0 radical (unpaired) electrons. The summed E-state index contributed by atoms with van der Waals surface area (Å²) in [5.41, 5.74) is 1.31. The van der Waals surface area contributed by atoms with E-state index in [1.807, 2.05) is 0 Å². The molecule has 1 N–H and O–H groups in total. The molecule has 0 atom stereocenters. The van der Waals surface area contributed by atoms with Crippen molar-refractivity contribution in [3.8, 4) is 0 Å². The van der Waals surface area contributed by atoms with Gasteiger partial charge in [-0.25, -0.2) is 17.8 Å². The molecule has 8 heteroatoms. The highest BCUT2D eigenvalue weighted by Gasteiger charge is 2.19. The maximum Gasteiger partial charge on any atom is 0.264 e. The van der Waals surface area contributed by atoms with Gasteiger partial charge in [-0.05, 0) is 36.4 Å². The number of sulfonamides is 1. The van der Waals surface area contributed by atoms with Crippen molar-refractivity contribution in [3.05, 3.63) is 53.1 Å². The number of anilines is 1. The van der Waals surface area contributed by atoms with E-state index in [4.69, 9.17) is 16.0 Å². The number of oxazole rings is 1. The van der Waals surface area contributed by atoms with Gasteiger partial charge in [-0.2, -0.15) is 0 Å². The third-order valence-corrected chi connectivity index (χ3v) is 4.58. The fraction of sp³-hybridized carbons (Fsp3) is 0.0714. The molecule has 0 fully saturated rings. The maximum atomic E-state index is 13.8. The largest absolute Gasteiger partial charge is 0.441 e. The van der Waals surface area contributed by atoms with Crippen LogP contribution in [0.25, 0.3) is 11.1 Å². The molecule has 0 saturated carbocycles. The van der Waals surface area contributed by atoms with Gasteiger partial charge >= 0.3 is 0 Å². The van der Waals surface area contributed by atoms with Gasteiger partial charge in [0.2, 0.25) is 0 Å². The molecule has 0 aliphatic carbocycles. The zero-order chi connectivity index (χ0) is 15.9. The molecule has 3 rings (SSSR count). The Morgan fingerprint density at radius 3 is 2.73 bits per heavy atom. The first-order valence-corrected chi connectivity index (χ1v) is 8.06. The fourth-order valence-corrected chi connectivity index (χ4v) is 3.28. The molecule has 0 bridgehead atoms. The third-order valence-electron chi connectivity index (χ3n) is 2.93. The summed E-state index contributed by atoms with van der Waals surface area (Å²) in [6.07, 6.45) is 0. The average Bonchev–Trinajstić information content (AvgIpc) is 2.77. The molecule has 2 aromatic carbocycles. The monoisotopic (exact) mass is 340 g/mol. The minimum Gasteiger partial charge on any atom is -0.441 e. The lowest BCUT2D eigenvalue weighted by Crippen LogP contribution is -2.14. The van der Waals surface area contributed by atoms with Gasteiger partial charge in [0.25, 0.3) is 10.0 Å². The summed E-state index contributed by atoms with van der Waals surface area (Å²) in [6, 6.07) is 7.98. The third kappa shape index (κ3) is 2.77. The molecule has 5 nitrogen and oxygen atoms in total. The number of halogens is 2. The van der Waals surface area contributed by atoms with Crippen molar-refractivity contribution >= 4 is 38.4 Å². The topological polar surface area (TPSA) is 72.2 Å². The standard InChI is InChI=1S/C14H10ClFN2O3S/c1-8-17-12-7-10(3-4-13(12)21-8)18-22(19,20)14-5-2-9(15)6-11(14)16/h2-7,18H,1H3. The van der Waals surface area contributed by atoms with Crippen molar-refractivity contribution < 1.29 is 17.2 Å². The van der Waals surface area contributed by atoms with Crippen molar-refractivity contribution in [2.45, 2.75) is 11.8 Å². The minimum absolute atomic E-state index is 0.121. The SMILES string of the molecule is Cc1nc2cc(NS(=O)(=O)c3ccc(Cl)cc3F)ccc2o1. The second-order valence-corrected chi connectivity index (χ2v) is 6.68. The van der Waals surface area contributed by atoms with Crippen LogP contribution in [0.4, 0.5) is 10.1 Å². The molecule has 22 heavy (non-hydrogen) atoms. The first kappa shape index (κ1) is 14.8. The summed E-state index contributed by atoms with van der Waals surface area (Å²) in [7, 11) is -4.06. The lowest BCUT2D eigenvalue weighted by atomic mass is 10.3. The van der Waals surface area contributed by atoms with Crippen LogP contribution in [0.15, 0.2) is 45.7 Å². The highest BCUT2D eigenvalue weighted by molar-refractivity contribution is 7.92. The zero-order valence-corrected chi connectivity index (χ0v) is 12.9. The van der Waals surface area contributed by atoms with Gasteiger partial charge in [0.15, 0.2) is 11.5 Å². The van der Waals surface area contributed by atoms with Crippen LogP contribution in [-0.4, -0.2) is 13.4 Å². The Kier molecular flexibility index (Phi) is 3.54. The van der Waals surface area contributed by atoms with Crippen molar-refractivity contribution in [3.63, 3.8) is 0 Å². The molecule has 0 aliphatic heterocycles. The number of nitrogens with one attached hydrogen (secondary N) is 1. The first-order valence-electron chi connectivity index (χ1n) is 6.20. The molecule has 0 unspecified atom stereocenters. The number of rotatable bonds is 3. The summed E-state index contributed by atoms with van der Waals surface area (Å²) < 4.78 is 45.9. The average molecular weight is 341 g/mol. The number of benzene rings is 2. The molecule has 0 spiro atoms. The Labute approximate surface area is 130 Å². The van der Waals surface area contributed by atoms with Crippen molar-refractivity contribution in [2.75, 3.05) is 4.72 Å². The van der Waals surface area contributed by atoms with E-state index < -0.39 is 20.7 Å². The Balaban J connectivity index is 1.98.